The zero-order valence-corrected chi connectivity index (χ0v) is 10.8. The number of aromatic amines is 1. The Balaban J connectivity index is 2.04. The van der Waals surface area contributed by atoms with Crippen LogP contribution in [-0.2, 0) is 4.79 Å². The lowest BCUT2D eigenvalue weighted by Crippen LogP contribution is -2.27. The largest absolute Gasteiger partial charge is 0.346 e. The molecule has 0 unspecified atom stereocenters. The van der Waals surface area contributed by atoms with Gasteiger partial charge in [0.25, 0.3) is 5.91 Å². The summed E-state index contributed by atoms with van der Waals surface area (Å²) < 4.78 is 0. The molecule has 96 valence electrons. The molecule has 0 atom stereocenters. The van der Waals surface area contributed by atoms with Crippen molar-refractivity contribution in [1.82, 2.24) is 15.3 Å². The molecule has 1 aliphatic rings. The van der Waals surface area contributed by atoms with Crippen LogP contribution < -0.4 is 5.32 Å². The zero-order valence-electron chi connectivity index (χ0n) is 10.8. The molecule has 0 bridgehead atoms. The molecule has 0 saturated carbocycles. The van der Waals surface area contributed by atoms with E-state index in [2.05, 4.69) is 20.3 Å². The van der Waals surface area contributed by atoms with Crippen LogP contribution in [0.1, 0.15) is 19.4 Å². The third-order valence-electron chi connectivity index (χ3n) is 3.04. The molecule has 2 aromatic heterocycles. The molecule has 0 spiro atoms. The first-order valence-corrected chi connectivity index (χ1v) is 6.19. The number of H-pyrrole nitrogens is 1. The summed E-state index contributed by atoms with van der Waals surface area (Å²) in [5.41, 5.74) is 2.16. The summed E-state index contributed by atoms with van der Waals surface area (Å²) in [6.07, 6.45) is 5.35. The van der Waals surface area contributed by atoms with Crippen molar-refractivity contribution in [3.63, 3.8) is 0 Å². The maximum atomic E-state index is 11.8. The topological polar surface area (TPSA) is 70.1 Å². The van der Waals surface area contributed by atoms with E-state index in [-0.39, 0.29) is 11.8 Å². The van der Waals surface area contributed by atoms with E-state index in [9.17, 15) is 4.79 Å². The fraction of sp³-hybridized carbons (Fsp3) is 0.214. The van der Waals surface area contributed by atoms with Crippen LogP contribution in [0, 0.1) is 5.92 Å². The molecule has 0 aliphatic carbocycles. The van der Waals surface area contributed by atoms with Gasteiger partial charge in [0.05, 0.1) is 0 Å². The van der Waals surface area contributed by atoms with E-state index in [1.807, 2.05) is 32.2 Å². The first kappa shape index (κ1) is 11.6. The predicted octanol–water partition coefficient (Wildman–Crippen LogP) is 2.09. The number of nitrogens with one attached hydrogen (secondary N) is 2. The Morgan fingerprint density at radius 1 is 1.37 bits per heavy atom. The Kier molecular flexibility index (Phi) is 2.67. The minimum Gasteiger partial charge on any atom is -0.346 e. The van der Waals surface area contributed by atoms with Crippen molar-refractivity contribution in [3.8, 4) is 0 Å². The van der Waals surface area contributed by atoms with Gasteiger partial charge in [-0.25, -0.2) is 9.98 Å². The van der Waals surface area contributed by atoms with Gasteiger partial charge < -0.3 is 10.3 Å². The lowest BCUT2D eigenvalue weighted by atomic mass is 10.2. The Labute approximate surface area is 110 Å². The molecular weight excluding hydrogens is 240 g/mol. The summed E-state index contributed by atoms with van der Waals surface area (Å²) >= 11 is 0. The van der Waals surface area contributed by atoms with Gasteiger partial charge in [0.15, 0.2) is 0 Å². The number of carbonyl (C=O) groups is 1. The summed E-state index contributed by atoms with van der Waals surface area (Å²) in [4.78, 5) is 23.5. The number of rotatable bonds is 2. The number of fused-ring (bicyclic) bond motifs is 1. The van der Waals surface area contributed by atoms with Crippen LogP contribution in [0.5, 0.6) is 0 Å². The number of aliphatic imine (C=N–C) groups is 1. The van der Waals surface area contributed by atoms with Crippen molar-refractivity contribution >= 4 is 28.9 Å². The van der Waals surface area contributed by atoms with Gasteiger partial charge in [0.1, 0.15) is 17.2 Å². The molecule has 2 aromatic rings. The molecular formula is C14H14N4O. The Morgan fingerprint density at radius 3 is 2.95 bits per heavy atom. The van der Waals surface area contributed by atoms with Crippen molar-refractivity contribution in [2.45, 2.75) is 13.8 Å². The van der Waals surface area contributed by atoms with Gasteiger partial charge in [0, 0.05) is 29.3 Å². The van der Waals surface area contributed by atoms with Crippen molar-refractivity contribution < 1.29 is 4.79 Å². The molecule has 3 rings (SSSR count). The van der Waals surface area contributed by atoms with Crippen LogP contribution in [0.25, 0.3) is 17.1 Å². The van der Waals surface area contributed by atoms with Crippen LogP contribution in [0.2, 0.25) is 0 Å². The number of amidine groups is 1. The van der Waals surface area contributed by atoms with Crippen LogP contribution in [0.3, 0.4) is 0 Å². The summed E-state index contributed by atoms with van der Waals surface area (Å²) in [6, 6.07) is 3.83. The van der Waals surface area contributed by atoms with Crippen LogP contribution >= 0.6 is 0 Å². The molecule has 19 heavy (non-hydrogen) atoms. The second-order valence-electron chi connectivity index (χ2n) is 4.78. The second-order valence-corrected chi connectivity index (χ2v) is 4.78. The van der Waals surface area contributed by atoms with Crippen molar-refractivity contribution in [2.24, 2.45) is 10.9 Å². The third-order valence-corrected chi connectivity index (χ3v) is 3.04. The van der Waals surface area contributed by atoms with E-state index in [0.717, 1.165) is 16.6 Å². The normalized spacial score (nSPS) is 17.3. The van der Waals surface area contributed by atoms with Crippen molar-refractivity contribution in [1.29, 1.82) is 0 Å². The van der Waals surface area contributed by atoms with Crippen LogP contribution in [0.15, 0.2) is 35.2 Å². The summed E-state index contributed by atoms with van der Waals surface area (Å²) in [5.74, 6) is 0.774. The lowest BCUT2D eigenvalue weighted by Gasteiger charge is -2.01. The summed E-state index contributed by atoms with van der Waals surface area (Å²) in [5, 5.41) is 3.76. The van der Waals surface area contributed by atoms with E-state index in [1.165, 1.54) is 0 Å². The Bertz CT molecular complexity index is 709. The molecule has 2 N–H and O–H groups in total. The molecule has 0 radical (unpaired) electrons. The van der Waals surface area contributed by atoms with Gasteiger partial charge in [-0.3, -0.25) is 4.79 Å². The molecule has 0 saturated heterocycles. The van der Waals surface area contributed by atoms with Crippen molar-refractivity contribution in [3.05, 3.63) is 35.8 Å². The molecule has 0 fully saturated rings. The van der Waals surface area contributed by atoms with Gasteiger partial charge >= 0.3 is 0 Å². The number of hydrogen-bond donors (Lipinski definition) is 2. The number of carbonyl (C=O) groups excluding carboxylic acids is 1. The highest BCUT2D eigenvalue weighted by atomic mass is 16.2. The fourth-order valence-electron chi connectivity index (χ4n) is 2.00. The third kappa shape index (κ3) is 2.03. The van der Waals surface area contributed by atoms with E-state index in [0.29, 0.717) is 11.5 Å². The predicted molar refractivity (Wildman–Crippen MR) is 74.5 cm³/mol. The Morgan fingerprint density at radius 2 is 2.21 bits per heavy atom. The molecule has 1 amide bonds. The van der Waals surface area contributed by atoms with E-state index in [1.54, 1.807) is 12.3 Å². The smallest absolute Gasteiger partial charge is 0.275 e. The summed E-state index contributed by atoms with van der Waals surface area (Å²) in [7, 11) is 0. The number of hydrogen-bond acceptors (Lipinski definition) is 3. The van der Waals surface area contributed by atoms with Gasteiger partial charge in [-0.15, -0.1) is 0 Å². The number of pyridine rings is 1. The van der Waals surface area contributed by atoms with E-state index in [4.69, 9.17) is 0 Å². The monoisotopic (exact) mass is 254 g/mol. The highest BCUT2D eigenvalue weighted by Crippen LogP contribution is 2.20. The lowest BCUT2D eigenvalue weighted by molar-refractivity contribution is -0.115. The maximum Gasteiger partial charge on any atom is 0.275 e. The second kappa shape index (κ2) is 4.35. The highest BCUT2D eigenvalue weighted by Gasteiger charge is 2.22. The SMILES string of the molecule is CC(C)C1=N/C(=C\c2c[nH]c3ncccc23)C(=O)N1. The van der Waals surface area contributed by atoms with E-state index >= 15 is 0 Å². The fourth-order valence-corrected chi connectivity index (χ4v) is 2.00. The maximum absolute atomic E-state index is 11.8. The van der Waals surface area contributed by atoms with Gasteiger partial charge in [0.2, 0.25) is 0 Å². The minimum absolute atomic E-state index is 0.151. The van der Waals surface area contributed by atoms with Crippen LogP contribution in [0.4, 0.5) is 0 Å². The molecule has 5 nitrogen and oxygen atoms in total. The number of aromatic nitrogens is 2. The quantitative estimate of drug-likeness (QED) is 0.805. The average molecular weight is 254 g/mol. The standard InChI is InChI=1S/C14H14N4O/c1-8(2)12-17-11(14(19)18-12)6-9-7-16-13-10(9)4-3-5-15-13/h3-8H,1-2H3,(H,15,16)(H,17,18,19)/b11-6-. The van der Waals surface area contributed by atoms with Crippen LogP contribution in [-0.4, -0.2) is 21.7 Å². The minimum atomic E-state index is -0.151. The molecule has 0 aromatic carbocycles. The molecule has 3 heterocycles. The van der Waals surface area contributed by atoms with Gasteiger partial charge in [-0.1, -0.05) is 13.8 Å². The van der Waals surface area contributed by atoms with Gasteiger partial charge in [-0.2, -0.15) is 0 Å². The first-order valence-electron chi connectivity index (χ1n) is 6.19. The molecule has 5 heteroatoms. The highest BCUT2D eigenvalue weighted by molar-refractivity contribution is 6.15. The summed E-state index contributed by atoms with van der Waals surface area (Å²) in [6.45, 7) is 4.00. The number of nitrogens with zero attached hydrogens (tertiary/aromatic N) is 2. The first-order chi connectivity index (χ1) is 9.15. The van der Waals surface area contributed by atoms with Gasteiger partial charge in [-0.05, 0) is 18.2 Å². The zero-order chi connectivity index (χ0) is 13.4. The average Bonchev–Trinajstić information content (AvgIpc) is 2.96. The Hall–Kier alpha value is -2.43. The number of amides is 1. The molecule has 1 aliphatic heterocycles. The van der Waals surface area contributed by atoms with E-state index < -0.39 is 0 Å². The van der Waals surface area contributed by atoms with Crippen molar-refractivity contribution in [2.75, 3.05) is 0 Å².